The molecule has 0 aliphatic heterocycles. The van der Waals surface area contributed by atoms with Crippen LogP contribution in [0.1, 0.15) is 72.9 Å². The minimum absolute atomic E-state index is 0.0708. The molecular formula is C47H48N2. The van der Waals surface area contributed by atoms with Crippen LogP contribution in [-0.2, 0) is 5.41 Å². The van der Waals surface area contributed by atoms with Crippen molar-refractivity contribution in [2.24, 2.45) is 0 Å². The van der Waals surface area contributed by atoms with Crippen molar-refractivity contribution in [3.05, 3.63) is 167 Å². The van der Waals surface area contributed by atoms with Gasteiger partial charge in [-0.25, -0.2) is 0 Å². The van der Waals surface area contributed by atoms with E-state index in [4.69, 9.17) is 0 Å². The maximum Gasteiger partial charge on any atom is 0.0465 e. The zero-order valence-corrected chi connectivity index (χ0v) is 29.9. The lowest BCUT2D eigenvalue weighted by molar-refractivity contribution is 0.436. The Morgan fingerprint density at radius 2 is 0.633 bits per heavy atom. The summed E-state index contributed by atoms with van der Waals surface area (Å²) in [6.45, 7) is 13.3. The van der Waals surface area contributed by atoms with Gasteiger partial charge in [0.05, 0.1) is 0 Å². The molecule has 49 heavy (non-hydrogen) atoms. The average Bonchev–Trinajstić information content (AvgIpc) is 3.37. The fraction of sp³-hybridized carbons (Fsp3) is 0.234. The van der Waals surface area contributed by atoms with E-state index in [1.54, 1.807) is 0 Å². The summed E-state index contributed by atoms with van der Waals surface area (Å²) in [5.41, 5.74) is 17.8. The molecule has 1 aliphatic carbocycles. The smallest absolute Gasteiger partial charge is 0.0465 e. The van der Waals surface area contributed by atoms with Crippen molar-refractivity contribution in [1.29, 1.82) is 0 Å². The number of rotatable bonds is 10. The lowest BCUT2D eigenvalue weighted by atomic mass is 9.71. The van der Waals surface area contributed by atoms with Gasteiger partial charge in [-0.3, -0.25) is 0 Å². The van der Waals surface area contributed by atoms with Crippen LogP contribution in [0.5, 0.6) is 0 Å². The molecule has 2 nitrogen and oxygen atoms in total. The molecule has 0 spiro atoms. The molecule has 0 bridgehead atoms. The molecule has 0 aromatic heterocycles. The number of benzene rings is 6. The van der Waals surface area contributed by atoms with Crippen LogP contribution in [-0.4, -0.2) is 0 Å². The fourth-order valence-corrected chi connectivity index (χ4v) is 7.94. The molecule has 0 saturated heterocycles. The van der Waals surface area contributed by atoms with Crippen molar-refractivity contribution in [2.75, 3.05) is 9.80 Å². The topological polar surface area (TPSA) is 6.48 Å². The van der Waals surface area contributed by atoms with E-state index in [2.05, 4.69) is 185 Å². The Morgan fingerprint density at radius 1 is 0.367 bits per heavy atom. The summed E-state index contributed by atoms with van der Waals surface area (Å²) in [4.78, 5) is 4.85. The third-order valence-corrected chi connectivity index (χ3v) is 10.4. The molecular weight excluding hydrogens is 593 g/mol. The third kappa shape index (κ3) is 6.06. The quantitative estimate of drug-likeness (QED) is 0.147. The molecule has 0 saturated carbocycles. The second-order valence-electron chi connectivity index (χ2n) is 14.1. The Balaban J connectivity index is 1.41. The van der Waals surface area contributed by atoms with Crippen molar-refractivity contribution in [3.8, 4) is 11.1 Å². The summed E-state index contributed by atoms with van der Waals surface area (Å²) in [5.74, 6) is 0. The number of hydrogen-bond donors (Lipinski definition) is 0. The Kier molecular flexibility index (Phi) is 8.90. The number of aryl methyl sites for hydroxylation is 4. The highest BCUT2D eigenvalue weighted by Crippen LogP contribution is 2.56. The lowest BCUT2D eigenvalue weighted by Crippen LogP contribution is -2.25. The summed E-state index contributed by atoms with van der Waals surface area (Å²) in [6, 6.07) is 50.2. The standard InChI is InChI=1S/C47H48N2/c1-7-29-47(30-8-2)45-31-41(48(37-17-9-33(3)10-18-37)38-19-11-34(4)12-20-38)25-27-43(45)44-28-26-42(32-46(44)47)49(39-21-13-35(5)14-22-39)40-23-15-36(6)16-24-40/h9-28,31-32H,7-8,29-30H2,1-6H3. The van der Waals surface area contributed by atoms with Gasteiger partial charge in [-0.15, -0.1) is 0 Å². The number of nitrogens with zero attached hydrogens (tertiary/aromatic N) is 2. The third-order valence-electron chi connectivity index (χ3n) is 10.4. The highest BCUT2D eigenvalue weighted by Gasteiger charge is 2.42. The highest BCUT2D eigenvalue weighted by atomic mass is 15.1. The number of anilines is 6. The summed E-state index contributed by atoms with van der Waals surface area (Å²) < 4.78 is 0. The first-order valence-corrected chi connectivity index (χ1v) is 18.0. The van der Waals surface area contributed by atoms with Crippen LogP contribution < -0.4 is 9.80 Å². The SMILES string of the molecule is CCCC1(CCC)c2cc(N(c3ccc(C)cc3)c3ccc(C)cc3)ccc2-c2ccc(N(c3ccc(C)cc3)c3ccc(C)cc3)cc21. The van der Waals surface area contributed by atoms with Crippen LogP contribution in [0.4, 0.5) is 34.1 Å². The monoisotopic (exact) mass is 640 g/mol. The van der Waals surface area contributed by atoms with Crippen molar-refractivity contribution >= 4 is 34.1 Å². The molecule has 0 heterocycles. The van der Waals surface area contributed by atoms with Crippen LogP contribution >= 0.6 is 0 Å². The molecule has 0 radical (unpaired) electrons. The summed E-state index contributed by atoms with van der Waals surface area (Å²) in [5, 5.41) is 0. The molecule has 0 amide bonds. The predicted octanol–water partition coefficient (Wildman–Crippen LogP) is 13.7. The maximum atomic E-state index is 2.51. The Morgan fingerprint density at radius 3 is 0.898 bits per heavy atom. The van der Waals surface area contributed by atoms with Crippen molar-refractivity contribution in [1.82, 2.24) is 0 Å². The minimum atomic E-state index is -0.0708. The zero-order chi connectivity index (χ0) is 34.1. The van der Waals surface area contributed by atoms with Gasteiger partial charge in [0, 0.05) is 39.5 Å². The Hall–Kier alpha value is -5.08. The summed E-state index contributed by atoms with van der Waals surface area (Å²) >= 11 is 0. The zero-order valence-electron chi connectivity index (χ0n) is 29.9. The molecule has 0 fully saturated rings. The first-order valence-electron chi connectivity index (χ1n) is 18.0. The van der Waals surface area contributed by atoms with Gasteiger partial charge < -0.3 is 9.80 Å². The van der Waals surface area contributed by atoms with Crippen LogP contribution in [0.2, 0.25) is 0 Å². The lowest BCUT2D eigenvalue weighted by Gasteiger charge is -2.34. The second-order valence-corrected chi connectivity index (χ2v) is 14.1. The van der Waals surface area contributed by atoms with Crippen LogP contribution in [0.15, 0.2) is 133 Å². The molecule has 0 atom stereocenters. The van der Waals surface area contributed by atoms with Gasteiger partial charge in [-0.05, 0) is 136 Å². The first kappa shape index (κ1) is 32.5. The fourth-order valence-electron chi connectivity index (χ4n) is 7.94. The van der Waals surface area contributed by atoms with E-state index < -0.39 is 0 Å². The molecule has 0 N–H and O–H groups in total. The van der Waals surface area contributed by atoms with Crippen molar-refractivity contribution in [3.63, 3.8) is 0 Å². The first-order chi connectivity index (χ1) is 23.8. The molecule has 6 aromatic rings. The molecule has 0 unspecified atom stereocenters. The maximum absolute atomic E-state index is 2.51. The second kappa shape index (κ2) is 13.4. The number of hydrogen-bond acceptors (Lipinski definition) is 2. The van der Waals surface area contributed by atoms with E-state index in [9.17, 15) is 0 Å². The van der Waals surface area contributed by atoms with E-state index in [1.165, 1.54) is 78.6 Å². The van der Waals surface area contributed by atoms with Crippen molar-refractivity contribution in [2.45, 2.75) is 72.6 Å². The van der Waals surface area contributed by atoms with Crippen molar-refractivity contribution < 1.29 is 0 Å². The normalized spacial score (nSPS) is 12.8. The van der Waals surface area contributed by atoms with Gasteiger partial charge in [0.15, 0.2) is 0 Å². The highest BCUT2D eigenvalue weighted by molar-refractivity contribution is 5.88. The predicted molar refractivity (Wildman–Crippen MR) is 211 cm³/mol. The summed E-state index contributed by atoms with van der Waals surface area (Å²) in [6.07, 6.45) is 4.45. The van der Waals surface area contributed by atoms with Crippen LogP contribution in [0.3, 0.4) is 0 Å². The molecule has 7 rings (SSSR count). The van der Waals surface area contributed by atoms with Crippen LogP contribution in [0.25, 0.3) is 11.1 Å². The Bertz CT molecular complexity index is 1810. The van der Waals surface area contributed by atoms with Crippen LogP contribution in [0, 0.1) is 27.7 Å². The van der Waals surface area contributed by atoms with Gasteiger partial charge in [-0.2, -0.15) is 0 Å². The largest absolute Gasteiger partial charge is 0.310 e. The van der Waals surface area contributed by atoms with Gasteiger partial charge in [0.25, 0.3) is 0 Å². The molecule has 1 aliphatic rings. The molecule has 2 heteroatoms. The van der Waals surface area contributed by atoms with E-state index >= 15 is 0 Å². The number of fused-ring (bicyclic) bond motifs is 3. The van der Waals surface area contributed by atoms with Gasteiger partial charge in [-0.1, -0.05) is 110 Å². The van der Waals surface area contributed by atoms with E-state index in [-0.39, 0.29) is 5.41 Å². The summed E-state index contributed by atoms with van der Waals surface area (Å²) in [7, 11) is 0. The minimum Gasteiger partial charge on any atom is -0.310 e. The Labute approximate surface area is 293 Å². The van der Waals surface area contributed by atoms with E-state index in [0.717, 1.165) is 25.7 Å². The van der Waals surface area contributed by atoms with Gasteiger partial charge in [0.1, 0.15) is 0 Å². The van der Waals surface area contributed by atoms with E-state index in [0.29, 0.717) is 0 Å². The average molecular weight is 641 g/mol. The van der Waals surface area contributed by atoms with Gasteiger partial charge in [0.2, 0.25) is 0 Å². The molecule has 6 aromatic carbocycles. The molecule has 246 valence electrons. The van der Waals surface area contributed by atoms with Gasteiger partial charge >= 0.3 is 0 Å². The van der Waals surface area contributed by atoms with E-state index in [1.807, 2.05) is 0 Å².